The summed E-state index contributed by atoms with van der Waals surface area (Å²) in [5.41, 5.74) is 8.33. The van der Waals surface area contributed by atoms with Crippen LogP contribution in [0, 0.1) is 0 Å². The molecule has 0 aromatic heterocycles. The first-order valence-electron chi connectivity index (χ1n) is 11.1. The van der Waals surface area contributed by atoms with Gasteiger partial charge in [0.25, 0.3) is 11.8 Å². The third-order valence-electron chi connectivity index (χ3n) is 6.11. The Morgan fingerprint density at radius 1 is 0.733 bits per heavy atom. The number of nitrogens with zero attached hydrogens (tertiary/aromatic N) is 2. The van der Waals surface area contributed by atoms with Crippen LogP contribution in [0.25, 0.3) is 0 Å². The average molecular weight is 415 g/mol. The van der Waals surface area contributed by atoms with Gasteiger partial charge in [-0.05, 0) is 38.1 Å². The van der Waals surface area contributed by atoms with E-state index < -0.39 is 0 Å². The molecule has 0 bridgehead atoms. The number of hydrogen-bond acceptors (Lipinski definition) is 4. The maximum Gasteiger partial charge on any atom is 0.271 e. The summed E-state index contributed by atoms with van der Waals surface area (Å²) in [5, 5.41) is 8.57. The quantitative estimate of drug-likeness (QED) is 0.462. The Hall–Kier alpha value is -2.58. The Bertz CT molecular complexity index is 715. The molecule has 2 heterocycles. The number of amides is 2. The van der Waals surface area contributed by atoms with Gasteiger partial charge in [-0.3, -0.25) is 9.59 Å². The minimum Gasteiger partial charge on any atom is -0.335 e. The van der Waals surface area contributed by atoms with E-state index >= 15 is 0 Å². The molecule has 2 amide bonds. The van der Waals surface area contributed by atoms with E-state index in [0.717, 1.165) is 76.4 Å². The number of benzene rings is 1. The third kappa shape index (κ3) is 6.21. The Labute approximate surface area is 178 Å². The van der Waals surface area contributed by atoms with Gasteiger partial charge in [0, 0.05) is 48.2 Å². The highest BCUT2D eigenvalue weighted by Gasteiger charge is 2.18. The first-order valence-corrected chi connectivity index (χ1v) is 11.1. The van der Waals surface area contributed by atoms with Crippen molar-refractivity contribution in [3.63, 3.8) is 0 Å². The van der Waals surface area contributed by atoms with Crippen molar-refractivity contribution in [1.29, 1.82) is 0 Å². The zero-order chi connectivity index (χ0) is 21.3. The number of piperidine rings is 2. The summed E-state index contributed by atoms with van der Waals surface area (Å²) < 4.78 is 0. The third-order valence-corrected chi connectivity index (χ3v) is 6.11. The average Bonchev–Trinajstić information content (AvgIpc) is 2.81. The second-order valence-electron chi connectivity index (χ2n) is 8.02. The molecule has 0 atom stereocenters. The van der Waals surface area contributed by atoms with Gasteiger partial charge in [-0.15, -0.1) is 0 Å². The van der Waals surface area contributed by atoms with Gasteiger partial charge < -0.3 is 9.80 Å². The zero-order valence-corrected chi connectivity index (χ0v) is 18.1. The van der Waals surface area contributed by atoms with Gasteiger partial charge in [0.05, 0.1) is 39.3 Å². The molecule has 0 aliphatic carbocycles. The molecule has 3 rings (SSSR count). The van der Waals surface area contributed by atoms with Gasteiger partial charge in [0.15, 0.2) is 0 Å². The molecule has 2 fully saturated rings. The highest BCUT2D eigenvalue weighted by molar-refractivity contribution is 5.98. The Balaban J connectivity index is 1.48. The predicted molar refractivity (Wildman–Crippen MR) is 117 cm³/mol. The predicted octanol–water partition coefficient (Wildman–Crippen LogP) is -0.745. The topological polar surface area (TPSA) is 91.8 Å². The molecule has 2 saturated heterocycles. The molecule has 162 valence electrons. The zero-order valence-electron chi connectivity index (χ0n) is 18.1. The van der Waals surface area contributed by atoms with Crippen LogP contribution >= 0.6 is 0 Å². The summed E-state index contributed by atoms with van der Waals surface area (Å²) >= 11 is 0. The van der Waals surface area contributed by atoms with Crippen LogP contribution in [0.4, 0.5) is 0 Å². The molecular formula is C22H34N6O2+2. The molecule has 2 aliphatic heterocycles. The maximum absolute atomic E-state index is 12.3. The Morgan fingerprint density at radius 3 is 1.37 bits per heavy atom. The monoisotopic (exact) mass is 414 g/mol. The van der Waals surface area contributed by atoms with Crippen molar-refractivity contribution in [2.45, 2.75) is 39.5 Å². The van der Waals surface area contributed by atoms with Crippen molar-refractivity contribution >= 4 is 23.2 Å². The highest BCUT2D eigenvalue weighted by Crippen LogP contribution is 2.05. The van der Waals surface area contributed by atoms with Crippen molar-refractivity contribution in [1.82, 2.24) is 10.9 Å². The lowest BCUT2D eigenvalue weighted by molar-refractivity contribution is -0.899. The van der Waals surface area contributed by atoms with Gasteiger partial charge >= 0.3 is 0 Å². The molecule has 8 heteroatoms. The summed E-state index contributed by atoms with van der Waals surface area (Å²) in [6.45, 7) is 10.9. The largest absolute Gasteiger partial charge is 0.335 e. The van der Waals surface area contributed by atoms with E-state index in [1.807, 2.05) is 0 Å². The summed E-state index contributed by atoms with van der Waals surface area (Å²) in [6.07, 6.45) is 3.68. The number of quaternary nitrogens is 2. The van der Waals surface area contributed by atoms with Crippen LogP contribution in [-0.2, 0) is 0 Å². The van der Waals surface area contributed by atoms with Gasteiger partial charge in [0.1, 0.15) is 0 Å². The number of nitrogens with one attached hydrogen (secondary N) is 4. The first kappa shape index (κ1) is 22.1. The first-order chi connectivity index (χ1) is 14.6. The van der Waals surface area contributed by atoms with Gasteiger partial charge in [-0.1, -0.05) is 0 Å². The van der Waals surface area contributed by atoms with Crippen LogP contribution < -0.4 is 20.7 Å². The summed E-state index contributed by atoms with van der Waals surface area (Å²) in [4.78, 5) is 27.8. The molecule has 0 saturated carbocycles. The van der Waals surface area contributed by atoms with Crippen LogP contribution in [0.1, 0.15) is 60.2 Å². The lowest BCUT2D eigenvalue weighted by Gasteiger charge is -2.23. The van der Waals surface area contributed by atoms with Crippen molar-refractivity contribution in [2.75, 3.05) is 39.3 Å². The second kappa shape index (κ2) is 11.0. The molecule has 4 N–H and O–H groups in total. The fraction of sp³-hybridized carbons (Fsp3) is 0.545. The number of carbonyl (C=O) groups excluding carboxylic acids is 2. The fourth-order valence-corrected chi connectivity index (χ4v) is 3.88. The van der Waals surface area contributed by atoms with Gasteiger partial charge in [-0.25, -0.2) is 10.9 Å². The normalized spacial score (nSPS) is 21.7. The summed E-state index contributed by atoms with van der Waals surface area (Å²) in [5.74, 6) is -0.518. The highest BCUT2D eigenvalue weighted by atomic mass is 16.2. The molecule has 1 aromatic rings. The van der Waals surface area contributed by atoms with Crippen LogP contribution in [0.15, 0.2) is 34.5 Å². The van der Waals surface area contributed by atoms with Crippen LogP contribution in [-0.4, -0.2) is 62.5 Å². The smallest absolute Gasteiger partial charge is 0.271 e. The number of likely N-dealkylation sites (tertiary alicyclic amines) is 2. The van der Waals surface area contributed by atoms with E-state index in [1.54, 1.807) is 34.1 Å². The van der Waals surface area contributed by atoms with E-state index in [2.05, 4.69) is 34.9 Å². The number of carbonyl (C=O) groups is 2. The summed E-state index contributed by atoms with van der Waals surface area (Å²) in [7, 11) is 0. The molecule has 0 unspecified atom stereocenters. The Kier molecular flexibility index (Phi) is 8.10. The van der Waals surface area contributed by atoms with E-state index in [9.17, 15) is 9.59 Å². The lowest BCUT2D eigenvalue weighted by Crippen LogP contribution is -3.12. The maximum atomic E-state index is 12.3. The minimum atomic E-state index is -0.259. The van der Waals surface area contributed by atoms with Crippen LogP contribution in [0.2, 0.25) is 0 Å². The summed E-state index contributed by atoms with van der Waals surface area (Å²) in [6, 6.07) is 6.57. The molecule has 2 aliphatic rings. The molecule has 30 heavy (non-hydrogen) atoms. The van der Waals surface area contributed by atoms with Gasteiger partial charge in [0.2, 0.25) is 0 Å². The van der Waals surface area contributed by atoms with E-state index in [1.165, 1.54) is 0 Å². The van der Waals surface area contributed by atoms with Crippen LogP contribution in [0.3, 0.4) is 0 Å². The van der Waals surface area contributed by atoms with Crippen molar-refractivity contribution < 1.29 is 19.4 Å². The molecule has 1 aromatic carbocycles. The van der Waals surface area contributed by atoms with Gasteiger partial charge in [-0.2, -0.15) is 10.2 Å². The molecule has 0 radical (unpaired) electrons. The SMILES string of the molecule is CC[NH+]1CCC(=NNC(=O)c2ccc(C(=O)NN=C3CC[NH+](CC)CC3)cc2)CC1. The number of hydrazone groups is 2. The number of hydrogen-bond donors (Lipinski definition) is 4. The molecular weight excluding hydrogens is 380 g/mol. The molecule has 8 nitrogen and oxygen atoms in total. The van der Waals surface area contributed by atoms with E-state index in [4.69, 9.17) is 0 Å². The standard InChI is InChI=1S/C22H32N6O2/c1-3-27-13-9-19(10-14-27)23-25-21(29)17-5-7-18(8-6-17)22(30)26-24-20-11-15-28(4-2)16-12-20/h5-8H,3-4,9-16H2,1-2H3,(H,25,29)(H,26,30)/p+2. The van der Waals surface area contributed by atoms with Crippen LogP contribution in [0.5, 0.6) is 0 Å². The second-order valence-corrected chi connectivity index (χ2v) is 8.02. The van der Waals surface area contributed by atoms with Crippen molar-refractivity contribution in [3.8, 4) is 0 Å². The minimum absolute atomic E-state index is 0.259. The van der Waals surface area contributed by atoms with E-state index in [-0.39, 0.29) is 11.8 Å². The number of rotatable bonds is 6. The van der Waals surface area contributed by atoms with Crippen molar-refractivity contribution in [3.05, 3.63) is 35.4 Å². The molecule has 0 spiro atoms. The lowest BCUT2D eigenvalue weighted by atomic mass is 10.1. The Morgan fingerprint density at radius 2 is 1.07 bits per heavy atom. The van der Waals surface area contributed by atoms with Crippen molar-refractivity contribution in [2.24, 2.45) is 10.2 Å². The fourth-order valence-electron chi connectivity index (χ4n) is 3.88. The van der Waals surface area contributed by atoms with E-state index in [0.29, 0.717) is 11.1 Å².